The number of aryl methyl sites for hydroxylation is 2. The van der Waals surface area contributed by atoms with Gasteiger partial charge in [0.25, 0.3) is 0 Å². The molecule has 0 atom stereocenters. The minimum Gasteiger partial charge on any atom is -0.302 e. The third-order valence-corrected chi connectivity index (χ3v) is 7.90. The summed E-state index contributed by atoms with van der Waals surface area (Å²) in [6, 6.07) is 10.7. The van der Waals surface area contributed by atoms with Crippen molar-refractivity contribution in [2.75, 3.05) is 36.8 Å². The monoisotopic (exact) mass is 509 g/mol. The molecule has 0 N–H and O–H groups in total. The summed E-state index contributed by atoms with van der Waals surface area (Å²) < 4.78 is 14.2. The maximum atomic E-state index is 13.2. The van der Waals surface area contributed by atoms with Crippen molar-refractivity contribution < 1.29 is 9.18 Å². The van der Waals surface area contributed by atoms with Crippen LogP contribution in [0.1, 0.15) is 37.8 Å². The van der Waals surface area contributed by atoms with Gasteiger partial charge in [-0.15, -0.1) is 24.2 Å². The van der Waals surface area contributed by atoms with E-state index in [9.17, 15) is 9.18 Å². The molecule has 0 saturated heterocycles. The molecule has 3 aromatic rings. The zero-order valence-corrected chi connectivity index (χ0v) is 22.2. The normalized spacial score (nSPS) is 11.1. The van der Waals surface area contributed by atoms with Crippen molar-refractivity contribution in [1.82, 2.24) is 9.88 Å². The average molecular weight is 510 g/mol. The van der Waals surface area contributed by atoms with Crippen LogP contribution in [0.2, 0.25) is 0 Å². The van der Waals surface area contributed by atoms with Crippen LogP contribution in [0.3, 0.4) is 0 Å². The molecule has 33 heavy (non-hydrogen) atoms. The summed E-state index contributed by atoms with van der Waals surface area (Å²) in [5.74, 6) is 0.708. The quantitative estimate of drug-likeness (QED) is 0.212. The third kappa shape index (κ3) is 7.41. The fraction of sp³-hybridized carbons (Fsp3) is 0.440. The van der Waals surface area contributed by atoms with E-state index in [2.05, 4.69) is 44.7 Å². The predicted molar refractivity (Wildman–Crippen MR) is 143 cm³/mol. The number of thiazole rings is 1. The second kappa shape index (κ2) is 13.3. The van der Waals surface area contributed by atoms with E-state index in [1.165, 1.54) is 23.3 Å². The van der Waals surface area contributed by atoms with Crippen LogP contribution in [0, 0.1) is 19.7 Å². The van der Waals surface area contributed by atoms with Gasteiger partial charge in [0, 0.05) is 24.4 Å². The number of nitrogens with zero attached hydrogens (tertiary/aromatic N) is 3. The molecule has 0 unspecified atom stereocenters. The number of thioether (sulfide) groups is 1. The molecule has 0 fully saturated rings. The Labute approximate surface area is 211 Å². The second-order valence-electron chi connectivity index (χ2n) is 7.83. The van der Waals surface area contributed by atoms with E-state index in [4.69, 9.17) is 4.98 Å². The van der Waals surface area contributed by atoms with Gasteiger partial charge in [0.15, 0.2) is 5.13 Å². The zero-order chi connectivity index (χ0) is 23.1. The van der Waals surface area contributed by atoms with Gasteiger partial charge in [0.05, 0.1) is 10.2 Å². The lowest BCUT2D eigenvalue weighted by Crippen LogP contribution is -2.38. The number of rotatable bonds is 11. The van der Waals surface area contributed by atoms with Crippen molar-refractivity contribution in [1.29, 1.82) is 0 Å². The summed E-state index contributed by atoms with van der Waals surface area (Å²) in [5.41, 5.74) is 3.39. The minimum absolute atomic E-state index is 0. The molecule has 3 rings (SSSR count). The van der Waals surface area contributed by atoms with Crippen LogP contribution in [0.15, 0.2) is 41.3 Å². The lowest BCUT2D eigenvalue weighted by Gasteiger charge is -2.24. The van der Waals surface area contributed by atoms with E-state index < -0.39 is 0 Å². The number of hydrogen-bond donors (Lipinski definition) is 0. The molecule has 0 aliphatic rings. The molecule has 8 heteroatoms. The molecule has 4 nitrogen and oxygen atoms in total. The Balaban J connectivity index is 0.00000385. The van der Waals surface area contributed by atoms with Crippen LogP contribution >= 0.6 is 35.5 Å². The van der Waals surface area contributed by atoms with Gasteiger partial charge in [-0.2, -0.15) is 0 Å². The van der Waals surface area contributed by atoms with Gasteiger partial charge in [-0.1, -0.05) is 31.3 Å². The first-order valence-electron chi connectivity index (χ1n) is 11.2. The highest BCUT2D eigenvalue weighted by atomic mass is 35.5. The number of carbonyl (C=O) groups is 1. The van der Waals surface area contributed by atoms with Gasteiger partial charge in [-0.3, -0.25) is 9.69 Å². The zero-order valence-electron chi connectivity index (χ0n) is 19.8. The maximum Gasteiger partial charge on any atom is 0.228 e. The van der Waals surface area contributed by atoms with Gasteiger partial charge in [-0.05, 0) is 80.6 Å². The molecule has 0 aliphatic heterocycles. The van der Waals surface area contributed by atoms with Crippen molar-refractivity contribution >= 4 is 56.8 Å². The molecular weight excluding hydrogens is 477 g/mol. The first-order valence-corrected chi connectivity index (χ1v) is 13.0. The van der Waals surface area contributed by atoms with Gasteiger partial charge in [0.1, 0.15) is 5.82 Å². The van der Waals surface area contributed by atoms with E-state index >= 15 is 0 Å². The second-order valence-corrected chi connectivity index (χ2v) is 10.0. The molecule has 0 saturated carbocycles. The fourth-order valence-electron chi connectivity index (χ4n) is 3.52. The Morgan fingerprint density at radius 3 is 2.42 bits per heavy atom. The van der Waals surface area contributed by atoms with Crippen molar-refractivity contribution in [3.05, 3.63) is 53.3 Å². The van der Waals surface area contributed by atoms with Crippen molar-refractivity contribution in [2.45, 2.75) is 45.4 Å². The number of amides is 1. The first-order chi connectivity index (χ1) is 15.4. The Morgan fingerprint density at radius 2 is 1.76 bits per heavy atom. The molecule has 1 aromatic heterocycles. The molecule has 0 aliphatic carbocycles. The summed E-state index contributed by atoms with van der Waals surface area (Å²) in [5, 5.41) is 0.789. The average Bonchev–Trinajstić information content (AvgIpc) is 3.22. The number of hydrogen-bond acceptors (Lipinski definition) is 5. The van der Waals surface area contributed by atoms with E-state index in [1.807, 2.05) is 4.90 Å². The summed E-state index contributed by atoms with van der Waals surface area (Å²) in [6.45, 7) is 11.9. The Bertz CT molecular complexity index is 1040. The Hall–Kier alpha value is -1.67. The summed E-state index contributed by atoms with van der Waals surface area (Å²) in [7, 11) is 0. The Morgan fingerprint density at radius 1 is 1.06 bits per heavy atom. The van der Waals surface area contributed by atoms with Crippen molar-refractivity contribution in [3.63, 3.8) is 0 Å². The van der Waals surface area contributed by atoms with Gasteiger partial charge < -0.3 is 4.90 Å². The molecule has 0 radical (unpaired) electrons. The molecule has 1 amide bonds. The number of anilines is 1. The lowest BCUT2D eigenvalue weighted by atomic mass is 10.1. The van der Waals surface area contributed by atoms with E-state index in [1.54, 1.807) is 35.2 Å². The number of halogens is 2. The molecule has 2 aromatic carbocycles. The van der Waals surface area contributed by atoms with Crippen LogP contribution < -0.4 is 4.90 Å². The number of benzene rings is 2. The van der Waals surface area contributed by atoms with Gasteiger partial charge >= 0.3 is 0 Å². The smallest absolute Gasteiger partial charge is 0.228 e. The molecule has 180 valence electrons. The van der Waals surface area contributed by atoms with E-state index in [0.29, 0.717) is 13.0 Å². The summed E-state index contributed by atoms with van der Waals surface area (Å²) in [4.78, 5) is 23.3. The molecular formula is C25H33ClFN3OS2. The number of carbonyl (C=O) groups excluding carboxylic acids is 1. The topological polar surface area (TPSA) is 36.4 Å². The van der Waals surface area contributed by atoms with Crippen LogP contribution in [0.25, 0.3) is 10.2 Å². The molecule has 1 heterocycles. The summed E-state index contributed by atoms with van der Waals surface area (Å²) >= 11 is 3.25. The van der Waals surface area contributed by atoms with E-state index in [0.717, 1.165) is 52.1 Å². The largest absolute Gasteiger partial charge is 0.302 e. The van der Waals surface area contributed by atoms with Gasteiger partial charge in [-0.25, -0.2) is 9.37 Å². The predicted octanol–water partition coefficient (Wildman–Crippen LogP) is 6.72. The lowest BCUT2D eigenvalue weighted by molar-refractivity contribution is -0.118. The van der Waals surface area contributed by atoms with Crippen LogP contribution in [-0.2, 0) is 4.79 Å². The minimum atomic E-state index is -0.227. The SMILES string of the molecule is CCN(CC)CCN(C(=O)CCCSc1ccc(F)cc1)c1nc2c(C)c(C)ccc2s1.Cl. The molecule has 0 bridgehead atoms. The van der Waals surface area contributed by atoms with Crippen molar-refractivity contribution in [2.24, 2.45) is 0 Å². The van der Waals surface area contributed by atoms with Crippen molar-refractivity contribution in [3.8, 4) is 0 Å². The first kappa shape index (κ1) is 27.6. The standard InChI is InChI=1S/C25H32FN3OS2.ClH/c1-5-28(6-2)15-16-29(25-27-24-19(4)18(3)9-14-22(24)32-25)23(30)8-7-17-31-21-12-10-20(26)11-13-21;/h9-14H,5-8,15-17H2,1-4H3;1H. The highest BCUT2D eigenvalue weighted by Crippen LogP contribution is 2.32. The van der Waals surface area contributed by atoms with E-state index in [-0.39, 0.29) is 24.1 Å². The third-order valence-electron chi connectivity index (χ3n) is 5.76. The van der Waals surface area contributed by atoms with Gasteiger partial charge in [0.2, 0.25) is 5.91 Å². The summed E-state index contributed by atoms with van der Waals surface area (Å²) in [6.07, 6.45) is 1.24. The number of likely N-dealkylation sites (N-methyl/N-ethyl adjacent to an activating group) is 1. The Kier molecular flexibility index (Phi) is 11.1. The number of aromatic nitrogens is 1. The van der Waals surface area contributed by atoms with Crippen LogP contribution in [-0.4, -0.2) is 47.7 Å². The van der Waals surface area contributed by atoms with Crippen LogP contribution in [0.4, 0.5) is 9.52 Å². The highest BCUT2D eigenvalue weighted by Gasteiger charge is 2.21. The maximum absolute atomic E-state index is 13.2. The highest BCUT2D eigenvalue weighted by molar-refractivity contribution is 7.99. The fourth-order valence-corrected chi connectivity index (χ4v) is 5.44. The van der Waals surface area contributed by atoms with Crippen LogP contribution in [0.5, 0.6) is 0 Å². The number of fused-ring (bicyclic) bond motifs is 1. The molecule has 0 spiro atoms.